The molecule has 3 aromatic rings. The van der Waals surface area contributed by atoms with Gasteiger partial charge in [0, 0.05) is 10.9 Å². The van der Waals surface area contributed by atoms with Gasteiger partial charge >= 0.3 is 0 Å². The summed E-state index contributed by atoms with van der Waals surface area (Å²) in [4.78, 5) is 16.5. The number of H-pyrrole nitrogens is 1. The fourth-order valence-corrected chi connectivity index (χ4v) is 2.88. The van der Waals surface area contributed by atoms with Gasteiger partial charge in [0.2, 0.25) is 5.75 Å². The lowest BCUT2D eigenvalue weighted by Gasteiger charge is -2.13. The number of methoxy groups -OCH3 is 3. The Labute approximate surface area is 146 Å². The number of amides is 1. The van der Waals surface area contributed by atoms with Gasteiger partial charge in [0.1, 0.15) is 10.7 Å². The molecular formula is C14H14N6O4S. The molecular weight excluding hydrogens is 348 g/mol. The number of carbonyl (C=O) groups is 1. The van der Waals surface area contributed by atoms with Gasteiger partial charge in [-0.2, -0.15) is 5.21 Å². The van der Waals surface area contributed by atoms with Crippen molar-refractivity contribution in [1.29, 1.82) is 0 Å². The van der Waals surface area contributed by atoms with Gasteiger partial charge in [-0.1, -0.05) is 5.10 Å². The summed E-state index contributed by atoms with van der Waals surface area (Å²) in [7, 11) is 4.60. The third-order valence-corrected chi connectivity index (χ3v) is 4.11. The summed E-state index contributed by atoms with van der Waals surface area (Å²) in [5, 5.41) is 17.7. The molecule has 0 saturated heterocycles. The average Bonchev–Trinajstić information content (AvgIpc) is 3.32. The second-order valence-electron chi connectivity index (χ2n) is 4.64. The molecule has 10 nitrogen and oxygen atoms in total. The number of anilines is 1. The monoisotopic (exact) mass is 362 g/mol. The molecule has 3 rings (SSSR count). The quantitative estimate of drug-likeness (QED) is 0.677. The van der Waals surface area contributed by atoms with E-state index in [1.165, 1.54) is 32.7 Å². The number of carbonyl (C=O) groups excluding carboxylic acids is 1. The number of thiazole rings is 1. The maximum atomic E-state index is 12.1. The SMILES string of the molecule is COc1cc(-c2nc(C(=O)Nc3nn[nH]n3)cs2)cc(OC)c1OC. The van der Waals surface area contributed by atoms with E-state index in [1.54, 1.807) is 17.5 Å². The summed E-state index contributed by atoms with van der Waals surface area (Å²) in [6, 6.07) is 3.53. The smallest absolute Gasteiger partial charge is 0.277 e. The Morgan fingerprint density at radius 1 is 1.16 bits per heavy atom. The second kappa shape index (κ2) is 7.13. The van der Waals surface area contributed by atoms with Crippen molar-refractivity contribution in [2.24, 2.45) is 0 Å². The predicted octanol–water partition coefficient (Wildman–Crippen LogP) is 1.60. The minimum Gasteiger partial charge on any atom is -0.493 e. The van der Waals surface area contributed by atoms with Crippen LogP contribution in [0.5, 0.6) is 17.2 Å². The lowest BCUT2D eigenvalue weighted by atomic mass is 10.2. The minimum absolute atomic E-state index is 0.0762. The summed E-state index contributed by atoms with van der Waals surface area (Å²) in [5.41, 5.74) is 0.969. The number of rotatable bonds is 6. The van der Waals surface area contributed by atoms with Crippen LogP contribution in [0.15, 0.2) is 17.5 Å². The highest BCUT2D eigenvalue weighted by molar-refractivity contribution is 7.13. The molecule has 0 bridgehead atoms. The van der Waals surface area contributed by atoms with E-state index in [4.69, 9.17) is 14.2 Å². The Balaban J connectivity index is 1.90. The van der Waals surface area contributed by atoms with Crippen LogP contribution in [0.2, 0.25) is 0 Å². The van der Waals surface area contributed by atoms with E-state index in [0.717, 1.165) is 5.56 Å². The molecule has 1 aromatic carbocycles. The molecule has 0 saturated carbocycles. The number of aromatic amines is 1. The molecule has 130 valence electrons. The fraction of sp³-hybridized carbons (Fsp3) is 0.214. The van der Waals surface area contributed by atoms with Crippen LogP contribution in [0.3, 0.4) is 0 Å². The van der Waals surface area contributed by atoms with Gasteiger partial charge in [0.25, 0.3) is 11.9 Å². The number of ether oxygens (including phenoxy) is 3. The van der Waals surface area contributed by atoms with E-state index < -0.39 is 5.91 Å². The Morgan fingerprint density at radius 3 is 2.44 bits per heavy atom. The minimum atomic E-state index is -0.434. The van der Waals surface area contributed by atoms with Crippen molar-refractivity contribution in [3.05, 3.63) is 23.2 Å². The van der Waals surface area contributed by atoms with Crippen LogP contribution in [-0.2, 0) is 0 Å². The lowest BCUT2D eigenvalue weighted by Crippen LogP contribution is -2.13. The molecule has 0 spiro atoms. The van der Waals surface area contributed by atoms with Crippen LogP contribution in [-0.4, -0.2) is 52.8 Å². The summed E-state index contributed by atoms with van der Waals surface area (Å²) in [6.07, 6.45) is 0. The van der Waals surface area contributed by atoms with Crippen LogP contribution in [0.4, 0.5) is 5.95 Å². The van der Waals surface area contributed by atoms with Crippen molar-refractivity contribution in [1.82, 2.24) is 25.6 Å². The predicted molar refractivity (Wildman–Crippen MR) is 89.3 cm³/mol. The highest BCUT2D eigenvalue weighted by atomic mass is 32.1. The van der Waals surface area contributed by atoms with Crippen molar-refractivity contribution in [2.75, 3.05) is 26.6 Å². The number of hydrogen-bond acceptors (Lipinski definition) is 9. The summed E-state index contributed by atoms with van der Waals surface area (Å²) in [6.45, 7) is 0. The third-order valence-electron chi connectivity index (χ3n) is 3.22. The first-order valence-electron chi connectivity index (χ1n) is 6.97. The van der Waals surface area contributed by atoms with Crippen molar-refractivity contribution in [3.63, 3.8) is 0 Å². The molecule has 2 heterocycles. The van der Waals surface area contributed by atoms with Crippen molar-refractivity contribution < 1.29 is 19.0 Å². The molecule has 0 aliphatic carbocycles. The zero-order valence-corrected chi connectivity index (χ0v) is 14.4. The van der Waals surface area contributed by atoms with E-state index in [9.17, 15) is 4.79 Å². The normalized spacial score (nSPS) is 10.4. The van der Waals surface area contributed by atoms with Gasteiger partial charge < -0.3 is 14.2 Å². The van der Waals surface area contributed by atoms with Crippen LogP contribution in [0.1, 0.15) is 10.5 Å². The van der Waals surface area contributed by atoms with Crippen LogP contribution in [0.25, 0.3) is 10.6 Å². The van der Waals surface area contributed by atoms with Gasteiger partial charge in [0.05, 0.1) is 21.3 Å². The highest BCUT2D eigenvalue weighted by Crippen LogP contribution is 2.41. The number of nitrogens with zero attached hydrogens (tertiary/aromatic N) is 4. The molecule has 0 aliphatic rings. The summed E-state index contributed by atoms with van der Waals surface area (Å²) in [5.74, 6) is 1.14. The van der Waals surface area contributed by atoms with Gasteiger partial charge in [-0.15, -0.1) is 16.4 Å². The van der Waals surface area contributed by atoms with E-state index in [1.807, 2.05) is 0 Å². The number of hydrogen-bond donors (Lipinski definition) is 2. The molecule has 2 N–H and O–H groups in total. The Kier molecular flexibility index (Phi) is 4.75. The number of benzene rings is 1. The maximum Gasteiger partial charge on any atom is 0.277 e. The Morgan fingerprint density at radius 2 is 1.88 bits per heavy atom. The van der Waals surface area contributed by atoms with E-state index in [2.05, 4.69) is 30.9 Å². The highest BCUT2D eigenvalue weighted by Gasteiger charge is 2.18. The van der Waals surface area contributed by atoms with Crippen molar-refractivity contribution >= 4 is 23.2 Å². The second-order valence-corrected chi connectivity index (χ2v) is 5.50. The molecule has 0 radical (unpaired) electrons. The average molecular weight is 362 g/mol. The first kappa shape index (κ1) is 16.6. The van der Waals surface area contributed by atoms with Crippen molar-refractivity contribution in [2.45, 2.75) is 0 Å². The molecule has 2 aromatic heterocycles. The van der Waals surface area contributed by atoms with E-state index in [-0.39, 0.29) is 11.6 Å². The maximum absolute atomic E-state index is 12.1. The molecule has 25 heavy (non-hydrogen) atoms. The van der Waals surface area contributed by atoms with E-state index in [0.29, 0.717) is 22.3 Å². The number of nitrogens with one attached hydrogen (secondary N) is 2. The topological polar surface area (TPSA) is 124 Å². The molecule has 1 amide bonds. The molecule has 11 heteroatoms. The van der Waals surface area contributed by atoms with Crippen LogP contribution >= 0.6 is 11.3 Å². The van der Waals surface area contributed by atoms with Crippen LogP contribution < -0.4 is 19.5 Å². The molecule has 0 atom stereocenters. The summed E-state index contributed by atoms with van der Waals surface area (Å²) < 4.78 is 16.0. The van der Waals surface area contributed by atoms with Crippen molar-refractivity contribution in [3.8, 4) is 27.8 Å². The number of aromatic nitrogens is 5. The largest absolute Gasteiger partial charge is 0.493 e. The number of tetrazole rings is 1. The first-order chi connectivity index (χ1) is 12.2. The summed E-state index contributed by atoms with van der Waals surface area (Å²) >= 11 is 1.31. The zero-order chi connectivity index (χ0) is 17.8. The van der Waals surface area contributed by atoms with Gasteiger partial charge in [-0.3, -0.25) is 10.1 Å². The molecule has 0 fully saturated rings. The lowest BCUT2D eigenvalue weighted by molar-refractivity contribution is 0.102. The Bertz CT molecular complexity index is 854. The molecule has 0 unspecified atom stereocenters. The third kappa shape index (κ3) is 3.35. The Hall–Kier alpha value is -3.21. The molecule has 0 aliphatic heterocycles. The standard InChI is InChI=1S/C14H14N6O4S/c1-22-9-4-7(5-10(23-2)11(9)24-3)13-15-8(6-25-13)12(21)16-14-17-19-20-18-14/h4-6H,1-3H3,(H2,16,17,18,19,20,21). The van der Waals surface area contributed by atoms with E-state index >= 15 is 0 Å². The fourth-order valence-electron chi connectivity index (χ4n) is 2.10. The van der Waals surface area contributed by atoms with Gasteiger partial charge in [-0.05, 0) is 17.3 Å². The van der Waals surface area contributed by atoms with Gasteiger partial charge in [0.15, 0.2) is 11.5 Å². The van der Waals surface area contributed by atoms with Gasteiger partial charge in [-0.25, -0.2) is 4.98 Å². The zero-order valence-electron chi connectivity index (χ0n) is 13.6. The van der Waals surface area contributed by atoms with Crippen LogP contribution in [0, 0.1) is 0 Å². The first-order valence-corrected chi connectivity index (χ1v) is 7.85.